The molecule has 0 aliphatic carbocycles. The van der Waals surface area contributed by atoms with Crippen LogP contribution >= 0.6 is 0 Å². The zero-order valence-electron chi connectivity index (χ0n) is 12.1. The van der Waals surface area contributed by atoms with Gasteiger partial charge in [0.25, 0.3) is 0 Å². The number of fused-ring (bicyclic) bond motifs is 1. The molecule has 0 spiro atoms. The Hall–Kier alpha value is -2.24. The van der Waals surface area contributed by atoms with E-state index >= 15 is 0 Å². The fourth-order valence-electron chi connectivity index (χ4n) is 2.31. The highest BCUT2D eigenvalue weighted by atomic mass is 16.5. The third kappa shape index (κ3) is 2.07. The van der Waals surface area contributed by atoms with Gasteiger partial charge >= 0.3 is 11.9 Å². The van der Waals surface area contributed by atoms with Crippen molar-refractivity contribution in [1.29, 1.82) is 0 Å². The number of aromatic nitrogens is 2. The summed E-state index contributed by atoms with van der Waals surface area (Å²) in [5.74, 6) is -1.01. The minimum Gasteiger partial charge on any atom is -0.462 e. The first kappa shape index (κ1) is 14.2. The summed E-state index contributed by atoms with van der Waals surface area (Å²) in [6.07, 6.45) is 3.62. The number of hydrogen-bond donors (Lipinski definition) is 0. The smallest absolute Gasteiger partial charge is 0.342 e. The normalized spacial score (nSPS) is 10.8. The molecule has 2 rings (SSSR count). The quantitative estimate of drug-likeness (QED) is 0.802. The van der Waals surface area contributed by atoms with Gasteiger partial charge in [-0.05, 0) is 20.8 Å². The van der Waals surface area contributed by atoms with Gasteiger partial charge in [-0.25, -0.2) is 9.59 Å². The minimum atomic E-state index is -0.511. The number of carbonyl (C=O) groups is 2. The predicted molar refractivity (Wildman–Crippen MR) is 73.0 cm³/mol. The molecule has 0 aromatic carbocycles. The first-order valence-corrected chi connectivity index (χ1v) is 6.53. The van der Waals surface area contributed by atoms with Crippen LogP contribution in [0.5, 0.6) is 0 Å². The van der Waals surface area contributed by atoms with Crippen LogP contribution in [0.1, 0.15) is 40.3 Å². The molecule has 0 radical (unpaired) electrons. The fraction of sp³-hybridized carbons (Fsp3) is 0.429. The van der Waals surface area contributed by atoms with Gasteiger partial charge in [-0.2, -0.15) is 0 Å². The SMILES string of the molecule is CCOC(=O)c1c(C(=O)OCC)c2n(C)ccn2c1C. The monoisotopic (exact) mass is 278 g/mol. The molecule has 20 heavy (non-hydrogen) atoms. The molecule has 2 aromatic rings. The van der Waals surface area contributed by atoms with Gasteiger partial charge < -0.3 is 18.4 Å². The number of nitrogens with zero attached hydrogens (tertiary/aromatic N) is 2. The van der Waals surface area contributed by atoms with Crippen LogP contribution in [-0.2, 0) is 16.5 Å². The van der Waals surface area contributed by atoms with Gasteiger partial charge in [0, 0.05) is 25.1 Å². The molecule has 2 heterocycles. The van der Waals surface area contributed by atoms with Crippen molar-refractivity contribution >= 4 is 17.6 Å². The second-order valence-electron chi connectivity index (χ2n) is 4.38. The molecule has 0 saturated carbocycles. The Bertz CT molecular complexity index is 666. The second kappa shape index (κ2) is 5.40. The molecule has 0 saturated heterocycles. The van der Waals surface area contributed by atoms with Crippen molar-refractivity contribution in [2.45, 2.75) is 20.8 Å². The fourth-order valence-corrected chi connectivity index (χ4v) is 2.31. The van der Waals surface area contributed by atoms with Crippen LogP contribution in [0.25, 0.3) is 5.65 Å². The molecule has 0 amide bonds. The molecule has 0 aliphatic heterocycles. The molecule has 0 N–H and O–H groups in total. The van der Waals surface area contributed by atoms with Crippen LogP contribution in [-0.4, -0.2) is 34.1 Å². The average molecular weight is 278 g/mol. The van der Waals surface area contributed by atoms with Gasteiger partial charge in [0.1, 0.15) is 11.2 Å². The number of rotatable bonds is 4. The van der Waals surface area contributed by atoms with Crippen molar-refractivity contribution in [3.05, 3.63) is 29.2 Å². The number of hydrogen-bond acceptors (Lipinski definition) is 4. The zero-order valence-corrected chi connectivity index (χ0v) is 12.1. The van der Waals surface area contributed by atoms with E-state index in [0.29, 0.717) is 11.3 Å². The molecule has 108 valence electrons. The van der Waals surface area contributed by atoms with E-state index in [1.165, 1.54) is 0 Å². The van der Waals surface area contributed by atoms with Crippen LogP contribution in [0.15, 0.2) is 12.4 Å². The maximum atomic E-state index is 12.2. The van der Waals surface area contributed by atoms with Crippen molar-refractivity contribution in [2.75, 3.05) is 13.2 Å². The van der Waals surface area contributed by atoms with Gasteiger partial charge in [0.05, 0.1) is 18.8 Å². The highest BCUT2D eigenvalue weighted by Crippen LogP contribution is 2.25. The molecular weight excluding hydrogens is 260 g/mol. The Labute approximate surface area is 116 Å². The molecule has 6 nitrogen and oxygen atoms in total. The van der Waals surface area contributed by atoms with Crippen molar-refractivity contribution in [3.8, 4) is 0 Å². The maximum Gasteiger partial charge on any atom is 0.342 e. The van der Waals surface area contributed by atoms with E-state index in [4.69, 9.17) is 9.47 Å². The number of aryl methyl sites for hydroxylation is 2. The minimum absolute atomic E-state index is 0.252. The molecule has 0 atom stereocenters. The highest BCUT2D eigenvalue weighted by molar-refractivity contribution is 6.09. The summed E-state index contributed by atoms with van der Waals surface area (Å²) in [5, 5.41) is 0. The van der Waals surface area contributed by atoms with Gasteiger partial charge in [-0.3, -0.25) is 0 Å². The molecule has 0 bridgehead atoms. The lowest BCUT2D eigenvalue weighted by atomic mass is 10.1. The van der Waals surface area contributed by atoms with E-state index in [1.54, 1.807) is 35.9 Å². The average Bonchev–Trinajstić information content (AvgIpc) is 2.90. The lowest BCUT2D eigenvalue weighted by molar-refractivity contribution is 0.0480. The summed E-state index contributed by atoms with van der Waals surface area (Å²) in [7, 11) is 1.81. The Kier molecular flexibility index (Phi) is 3.83. The molecular formula is C14H18N2O4. The molecule has 0 unspecified atom stereocenters. The van der Waals surface area contributed by atoms with Crippen molar-refractivity contribution in [3.63, 3.8) is 0 Å². The summed E-state index contributed by atoms with van der Waals surface area (Å²) >= 11 is 0. The molecule has 0 fully saturated rings. The summed E-state index contributed by atoms with van der Waals surface area (Å²) in [6.45, 7) is 5.75. The zero-order chi connectivity index (χ0) is 14.9. The third-order valence-electron chi connectivity index (χ3n) is 3.16. The lowest BCUT2D eigenvalue weighted by Gasteiger charge is -2.05. The van der Waals surface area contributed by atoms with Gasteiger partial charge in [0.2, 0.25) is 0 Å². The summed E-state index contributed by atoms with van der Waals surface area (Å²) in [6, 6.07) is 0. The Morgan fingerprint density at radius 3 is 2.15 bits per heavy atom. The largest absolute Gasteiger partial charge is 0.462 e. The van der Waals surface area contributed by atoms with E-state index in [1.807, 2.05) is 13.2 Å². The standard InChI is InChI=1S/C14H18N2O4/c1-5-19-13(17)10-9(3)16-8-7-15(4)12(16)11(10)14(18)20-6-2/h7-8H,5-6H2,1-4H3. The Morgan fingerprint density at radius 2 is 1.60 bits per heavy atom. The van der Waals surface area contributed by atoms with Crippen LogP contribution in [0.4, 0.5) is 0 Å². The van der Waals surface area contributed by atoms with E-state index in [0.717, 1.165) is 0 Å². The summed E-state index contributed by atoms with van der Waals surface area (Å²) in [4.78, 5) is 24.3. The Morgan fingerprint density at radius 1 is 1.05 bits per heavy atom. The number of carbonyl (C=O) groups excluding carboxylic acids is 2. The van der Waals surface area contributed by atoms with E-state index in [9.17, 15) is 9.59 Å². The number of esters is 2. The lowest BCUT2D eigenvalue weighted by Crippen LogP contribution is -2.14. The molecule has 2 aromatic heterocycles. The topological polar surface area (TPSA) is 61.9 Å². The van der Waals surface area contributed by atoms with Crippen molar-refractivity contribution in [1.82, 2.24) is 8.97 Å². The van der Waals surface area contributed by atoms with Crippen LogP contribution in [0.3, 0.4) is 0 Å². The summed E-state index contributed by atoms with van der Waals surface area (Å²) in [5.41, 5.74) is 1.83. The van der Waals surface area contributed by atoms with Crippen molar-refractivity contribution in [2.24, 2.45) is 7.05 Å². The first-order chi connectivity index (χ1) is 9.52. The van der Waals surface area contributed by atoms with E-state index in [2.05, 4.69) is 0 Å². The third-order valence-corrected chi connectivity index (χ3v) is 3.16. The van der Waals surface area contributed by atoms with E-state index < -0.39 is 11.9 Å². The summed E-state index contributed by atoms with van der Waals surface area (Å²) < 4.78 is 13.7. The molecule has 0 aliphatic rings. The number of ether oxygens (including phenoxy) is 2. The first-order valence-electron chi connectivity index (χ1n) is 6.53. The van der Waals surface area contributed by atoms with Crippen molar-refractivity contribution < 1.29 is 19.1 Å². The van der Waals surface area contributed by atoms with Crippen LogP contribution in [0.2, 0.25) is 0 Å². The Balaban J connectivity index is 2.71. The van der Waals surface area contributed by atoms with E-state index in [-0.39, 0.29) is 24.3 Å². The van der Waals surface area contributed by atoms with Crippen LogP contribution < -0.4 is 0 Å². The highest BCUT2D eigenvalue weighted by Gasteiger charge is 2.29. The van der Waals surface area contributed by atoms with Gasteiger partial charge in [-0.1, -0.05) is 0 Å². The predicted octanol–water partition coefficient (Wildman–Crippen LogP) is 1.94. The van der Waals surface area contributed by atoms with Crippen LogP contribution in [0, 0.1) is 6.92 Å². The van der Waals surface area contributed by atoms with Gasteiger partial charge in [-0.15, -0.1) is 0 Å². The second-order valence-corrected chi connectivity index (χ2v) is 4.38. The number of imidazole rings is 1. The maximum absolute atomic E-state index is 12.2. The molecule has 6 heteroatoms. The van der Waals surface area contributed by atoms with Gasteiger partial charge in [0.15, 0.2) is 0 Å².